The van der Waals surface area contributed by atoms with Crippen LogP contribution in [0.3, 0.4) is 0 Å². The summed E-state index contributed by atoms with van der Waals surface area (Å²) < 4.78 is 105. The lowest BCUT2D eigenvalue weighted by Gasteiger charge is -2.31. The second kappa shape index (κ2) is 8.39. The molecule has 0 radical (unpaired) electrons. The SMILES string of the molecule is CC(O)CC(C)CC(C)CC(F)(F)CC(F)(F)CC(C)(F)C(F)(F)F. The third-order valence-electron chi connectivity index (χ3n) is 3.89. The lowest BCUT2D eigenvalue weighted by Crippen LogP contribution is -2.44. The van der Waals surface area contributed by atoms with Gasteiger partial charge in [0, 0.05) is 6.42 Å². The van der Waals surface area contributed by atoms with Crippen molar-refractivity contribution in [3.8, 4) is 0 Å². The van der Waals surface area contributed by atoms with Gasteiger partial charge in [-0.2, -0.15) is 13.2 Å². The molecule has 25 heavy (non-hydrogen) atoms. The van der Waals surface area contributed by atoms with E-state index in [2.05, 4.69) is 0 Å². The molecular weight excluding hydrogens is 360 g/mol. The van der Waals surface area contributed by atoms with E-state index in [0.29, 0.717) is 6.42 Å². The van der Waals surface area contributed by atoms with Gasteiger partial charge in [-0.1, -0.05) is 13.8 Å². The number of hydrogen-bond donors (Lipinski definition) is 1. The van der Waals surface area contributed by atoms with Gasteiger partial charge in [0.1, 0.15) is 0 Å². The van der Waals surface area contributed by atoms with E-state index in [4.69, 9.17) is 0 Å². The zero-order chi connectivity index (χ0) is 20.3. The Balaban J connectivity index is 4.77. The van der Waals surface area contributed by atoms with Crippen LogP contribution in [0.2, 0.25) is 0 Å². The van der Waals surface area contributed by atoms with E-state index in [1.807, 2.05) is 0 Å². The van der Waals surface area contributed by atoms with Crippen LogP contribution >= 0.6 is 0 Å². The van der Waals surface area contributed by atoms with Crippen molar-refractivity contribution >= 4 is 0 Å². The average molecular weight is 386 g/mol. The highest BCUT2D eigenvalue weighted by molar-refractivity contribution is 4.91. The molecule has 0 bridgehead atoms. The van der Waals surface area contributed by atoms with Gasteiger partial charge in [0.15, 0.2) is 0 Å². The van der Waals surface area contributed by atoms with Crippen molar-refractivity contribution in [3.05, 3.63) is 0 Å². The second-order valence-corrected chi connectivity index (χ2v) is 7.50. The van der Waals surface area contributed by atoms with Gasteiger partial charge in [-0.05, 0) is 38.5 Å². The molecule has 9 heteroatoms. The maximum atomic E-state index is 13.8. The Labute approximate surface area is 142 Å². The van der Waals surface area contributed by atoms with Crippen molar-refractivity contribution in [1.29, 1.82) is 0 Å². The maximum Gasteiger partial charge on any atom is 0.422 e. The average Bonchev–Trinajstić information content (AvgIpc) is 2.19. The van der Waals surface area contributed by atoms with Gasteiger partial charge in [-0.15, -0.1) is 0 Å². The zero-order valence-corrected chi connectivity index (χ0v) is 14.7. The molecule has 0 fully saturated rings. The Bertz CT molecular complexity index is 403. The number of hydrogen-bond acceptors (Lipinski definition) is 1. The molecule has 0 saturated heterocycles. The quantitative estimate of drug-likeness (QED) is 0.447. The highest BCUT2D eigenvalue weighted by Gasteiger charge is 2.58. The first-order valence-electron chi connectivity index (χ1n) is 8.06. The first kappa shape index (κ1) is 24.4. The van der Waals surface area contributed by atoms with E-state index in [9.17, 15) is 40.2 Å². The number of halogens is 8. The van der Waals surface area contributed by atoms with Crippen molar-refractivity contribution in [2.75, 3.05) is 0 Å². The summed E-state index contributed by atoms with van der Waals surface area (Å²) in [6.45, 7) is 4.58. The minimum atomic E-state index is -5.56. The molecule has 1 N–H and O–H groups in total. The summed E-state index contributed by atoms with van der Waals surface area (Å²) in [7, 11) is 0. The highest BCUT2D eigenvalue weighted by atomic mass is 19.4. The van der Waals surface area contributed by atoms with Crippen LogP contribution in [0.1, 0.15) is 59.8 Å². The van der Waals surface area contributed by atoms with Gasteiger partial charge in [0.05, 0.1) is 18.9 Å². The van der Waals surface area contributed by atoms with E-state index in [0.717, 1.165) is 0 Å². The zero-order valence-electron chi connectivity index (χ0n) is 14.7. The molecule has 0 saturated carbocycles. The van der Waals surface area contributed by atoms with Crippen LogP contribution in [0.15, 0.2) is 0 Å². The molecular formula is C16H26F8O. The van der Waals surface area contributed by atoms with Gasteiger partial charge >= 0.3 is 6.18 Å². The topological polar surface area (TPSA) is 20.2 Å². The van der Waals surface area contributed by atoms with Crippen molar-refractivity contribution in [2.45, 2.75) is 89.6 Å². The summed E-state index contributed by atoms with van der Waals surface area (Å²) in [5.74, 6) is -9.22. The third-order valence-corrected chi connectivity index (χ3v) is 3.89. The number of aliphatic hydroxyl groups excluding tert-OH is 1. The molecule has 0 aliphatic rings. The molecule has 0 aromatic heterocycles. The van der Waals surface area contributed by atoms with Gasteiger partial charge in [-0.25, -0.2) is 22.0 Å². The molecule has 0 rings (SSSR count). The normalized spacial score (nSPS) is 20.0. The predicted molar refractivity (Wildman–Crippen MR) is 78.6 cm³/mol. The number of alkyl halides is 8. The summed E-state index contributed by atoms with van der Waals surface area (Å²) in [6.07, 6.45) is -11.0. The summed E-state index contributed by atoms with van der Waals surface area (Å²) in [4.78, 5) is 0. The summed E-state index contributed by atoms with van der Waals surface area (Å²) >= 11 is 0. The lowest BCUT2D eigenvalue weighted by molar-refractivity contribution is -0.249. The number of rotatable bonds is 10. The summed E-state index contributed by atoms with van der Waals surface area (Å²) in [6, 6.07) is 0. The molecule has 0 aromatic rings. The summed E-state index contributed by atoms with van der Waals surface area (Å²) in [5, 5.41) is 9.22. The Morgan fingerprint density at radius 3 is 1.60 bits per heavy atom. The monoisotopic (exact) mass is 386 g/mol. The first-order chi connectivity index (χ1) is 10.9. The van der Waals surface area contributed by atoms with E-state index in [-0.39, 0.29) is 19.3 Å². The van der Waals surface area contributed by atoms with Crippen molar-refractivity contribution in [2.24, 2.45) is 11.8 Å². The smallest absolute Gasteiger partial charge is 0.393 e. The van der Waals surface area contributed by atoms with Gasteiger partial charge in [-0.3, -0.25) is 0 Å². The molecule has 0 aliphatic heterocycles. The molecule has 0 aliphatic carbocycles. The fourth-order valence-electron chi connectivity index (χ4n) is 3.06. The van der Waals surface area contributed by atoms with Crippen molar-refractivity contribution < 1.29 is 40.2 Å². The predicted octanol–water partition coefficient (Wildman–Crippen LogP) is 6.15. The van der Waals surface area contributed by atoms with Crippen LogP contribution in [0, 0.1) is 11.8 Å². The van der Waals surface area contributed by atoms with Crippen LogP contribution in [0.5, 0.6) is 0 Å². The van der Waals surface area contributed by atoms with Crippen LogP contribution in [0.25, 0.3) is 0 Å². The van der Waals surface area contributed by atoms with Crippen molar-refractivity contribution in [3.63, 3.8) is 0 Å². The minimum absolute atomic E-state index is 0.0839. The molecule has 4 unspecified atom stereocenters. The minimum Gasteiger partial charge on any atom is -0.393 e. The summed E-state index contributed by atoms with van der Waals surface area (Å²) in [5.41, 5.74) is -4.25. The third kappa shape index (κ3) is 9.61. The molecule has 0 aromatic carbocycles. The molecule has 0 amide bonds. The molecule has 0 spiro atoms. The number of aliphatic hydroxyl groups is 1. The fourth-order valence-corrected chi connectivity index (χ4v) is 3.06. The lowest BCUT2D eigenvalue weighted by atomic mass is 9.87. The standard InChI is InChI=1S/C16H26F8O/c1-10(6-12(3)25)5-11(2)7-14(18,19)9-15(20,21)8-13(4,17)16(22,23)24/h10-12,25H,5-9H2,1-4H3. The van der Waals surface area contributed by atoms with Crippen LogP contribution in [-0.4, -0.2) is 34.9 Å². The van der Waals surface area contributed by atoms with E-state index < -0.39 is 55.0 Å². The molecule has 1 nitrogen and oxygen atoms in total. The Hall–Kier alpha value is -0.600. The van der Waals surface area contributed by atoms with E-state index in [1.54, 1.807) is 6.92 Å². The first-order valence-corrected chi connectivity index (χ1v) is 8.06. The van der Waals surface area contributed by atoms with Crippen LogP contribution in [0.4, 0.5) is 35.1 Å². The second-order valence-electron chi connectivity index (χ2n) is 7.50. The van der Waals surface area contributed by atoms with Gasteiger partial charge < -0.3 is 5.11 Å². The van der Waals surface area contributed by atoms with E-state index in [1.165, 1.54) is 13.8 Å². The van der Waals surface area contributed by atoms with Crippen LogP contribution < -0.4 is 0 Å². The van der Waals surface area contributed by atoms with Gasteiger partial charge in [0.2, 0.25) is 5.67 Å². The maximum absolute atomic E-state index is 13.8. The van der Waals surface area contributed by atoms with Crippen molar-refractivity contribution in [1.82, 2.24) is 0 Å². The molecule has 152 valence electrons. The van der Waals surface area contributed by atoms with E-state index >= 15 is 0 Å². The highest BCUT2D eigenvalue weighted by Crippen LogP contribution is 2.45. The molecule has 0 heterocycles. The Morgan fingerprint density at radius 1 is 0.720 bits per heavy atom. The largest absolute Gasteiger partial charge is 0.422 e. The van der Waals surface area contributed by atoms with Gasteiger partial charge in [0.25, 0.3) is 11.8 Å². The fraction of sp³-hybridized carbons (Fsp3) is 1.00. The molecule has 4 atom stereocenters. The Morgan fingerprint density at radius 2 is 1.20 bits per heavy atom. The van der Waals surface area contributed by atoms with Crippen LogP contribution in [-0.2, 0) is 0 Å². The Kier molecular flexibility index (Phi) is 8.19.